The van der Waals surface area contributed by atoms with Crippen molar-refractivity contribution in [1.29, 1.82) is 0 Å². The van der Waals surface area contributed by atoms with Gasteiger partial charge in [-0.2, -0.15) is 0 Å². The Kier molecular flexibility index (Phi) is 25.1. The van der Waals surface area contributed by atoms with Crippen LogP contribution in [0.4, 0.5) is 0 Å². The van der Waals surface area contributed by atoms with Crippen LogP contribution in [0.25, 0.3) is 0 Å². The summed E-state index contributed by atoms with van der Waals surface area (Å²) >= 11 is 0. The summed E-state index contributed by atoms with van der Waals surface area (Å²) in [7, 11) is 9.86. The second kappa shape index (κ2) is 32.3. The van der Waals surface area contributed by atoms with Gasteiger partial charge in [0.05, 0.1) is 67.2 Å². The number of hydrogen-bond acceptors (Lipinski definition) is 11. The summed E-state index contributed by atoms with van der Waals surface area (Å²) < 4.78 is 40.5. The van der Waals surface area contributed by atoms with Gasteiger partial charge in [-0.3, -0.25) is 4.79 Å². The largest absolute Gasteiger partial charge is 0.550 e. The highest BCUT2D eigenvalue weighted by Crippen LogP contribution is 2.54. The number of fused-ring (bicyclic) bond motifs is 2. The highest BCUT2D eigenvalue weighted by molar-refractivity contribution is 5.74. The molecule has 82 heavy (non-hydrogen) atoms. The molecule has 4 heterocycles. The zero-order chi connectivity index (χ0) is 58.3. The van der Waals surface area contributed by atoms with Gasteiger partial charge in [-0.05, 0) is 116 Å². The number of quaternary nitrogens is 2. The third-order valence-corrected chi connectivity index (χ3v) is 18.2. The van der Waals surface area contributed by atoms with Gasteiger partial charge in [0.15, 0.2) is 34.5 Å². The predicted octanol–water partition coefficient (Wildman–Crippen LogP) is 13.8. The van der Waals surface area contributed by atoms with E-state index in [4.69, 9.17) is 28.4 Å². The molecule has 4 aromatic carbocycles. The zero-order valence-corrected chi connectivity index (χ0v) is 50.9. The number of hydrogen-bond donors (Lipinski definition) is 0. The van der Waals surface area contributed by atoms with Gasteiger partial charge in [-0.15, -0.1) is 0 Å². The molecule has 4 aliphatic heterocycles. The summed E-state index contributed by atoms with van der Waals surface area (Å²) in [5, 5.41) is 21.4. The maximum absolute atomic E-state index is 13.3. The van der Waals surface area contributed by atoms with Gasteiger partial charge in [0.1, 0.15) is 17.8 Å². The summed E-state index contributed by atoms with van der Waals surface area (Å²) in [5.41, 5.74) is 6.94. The van der Waals surface area contributed by atoms with Gasteiger partial charge < -0.3 is 57.2 Å². The summed E-state index contributed by atoms with van der Waals surface area (Å²) in [6.45, 7) is 5.36. The van der Waals surface area contributed by atoms with Crippen molar-refractivity contribution in [3.63, 3.8) is 0 Å². The van der Waals surface area contributed by atoms with E-state index in [-0.39, 0.29) is 30.7 Å². The standard InChI is InChI=1S/C69H98N2O11/c1-51(72)80-68-64(79-6)49-55-40-44-71(3,42-30-26-22-18-14-10-8-12-16-20-24-28-32-66(75)76)59-46-53-35-38-60(77-4)62(47-53)81-56-36-33-52(34-37-56)45-58-57-50-63(82-69(68)67(55)59)61(78-5)48-54(57)39-43-70(58,2)41-29-25-21-17-13-9-7-11-15-19-23-27-31-65(73)74/h33-38,47-50,58-59H,7-32,39-46H2,1-6H3. The number of esters is 1. The third-order valence-electron chi connectivity index (χ3n) is 18.2. The van der Waals surface area contributed by atoms with Crippen LogP contribution in [0.3, 0.4) is 0 Å². The fourth-order valence-electron chi connectivity index (χ4n) is 13.4. The van der Waals surface area contributed by atoms with Crippen LogP contribution < -0.4 is 38.6 Å². The second-order valence-electron chi connectivity index (χ2n) is 24.5. The van der Waals surface area contributed by atoms with Crippen LogP contribution >= 0.6 is 0 Å². The van der Waals surface area contributed by atoms with Crippen molar-refractivity contribution in [3.05, 3.63) is 94.0 Å². The number of benzene rings is 4. The van der Waals surface area contributed by atoms with Crippen molar-refractivity contribution in [2.75, 3.05) is 61.6 Å². The van der Waals surface area contributed by atoms with Gasteiger partial charge in [0, 0.05) is 50.1 Å². The number of rotatable bonds is 34. The number of carboxylic acids is 2. The summed E-state index contributed by atoms with van der Waals surface area (Å²) in [4.78, 5) is 34.7. The van der Waals surface area contributed by atoms with Crippen LogP contribution in [0.1, 0.15) is 219 Å². The lowest BCUT2D eigenvalue weighted by atomic mass is 9.84. The van der Waals surface area contributed by atoms with Gasteiger partial charge in [-0.25, -0.2) is 0 Å². The van der Waals surface area contributed by atoms with Crippen LogP contribution in [0.15, 0.2) is 60.7 Å². The average Bonchev–Trinajstić information content (AvgIpc) is 3.42. The Bertz CT molecular complexity index is 2670. The molecule has 6 bridgehead atoms. The topological polar surface area (TPSA) is 153 Å². The Hall–Kier alpha value is -5.79. The molecule has 0 fully saturated rings. The SMILES string of the molecule is COc1ccc2cc1Oc1ccc(cc1)CC1c3cc(c(OC)cc3CC[N+]1(C)CCCCCCCCCCCCCCC(=O)[O-])Oc1c(OC(C)=O)c(OC)cc3c1C(C2)[N+](C)(CCCCCCCCCCCCCCC(=O)[O-])CC3. The summed E-state index contributed by atoms with van der Waals surface area (Å²) in [6, 6.07) is 21.4. The number of ether oxygens (including phenoxy) is 6. The maximum atomic E-state index is 13.3. The van der Waals surface area contributed by atoms with Gasteiger partial charge >= 0.3 is 5.97 Å². The Morgan fingerprint density at radius 2 is 0.939 bits per heavy atom. The Morgan fingerprint density at radius 1 is 0.500 bits per heavy atom. The molecule has 4 aromatic rings. The molecular weight excluding hydrogens is 1030 g/mol. The van der Waals surface area contributed by atoms with Gasteiger partial charge in [0.25, 0.3) is 0 Å². The first-order valence-electron chi connectivity index (χ1n) is 31.6. The molecule has 13 heteroatoms. The number of aliphatic carboxylic acids is 2. The van der Waals surface area contributed by atoms with E-state index in [0.29, 0.717) is 40.9 Å². The molecule has 8 rings (SSSR count). The fraction of sp³-hybridized carbons (Fsp3) is 0.609. The number of unbranched alkanes of at least 4 members (excludes halogenated alkanes) is 22. The number of carbonyl (C=O) groups excluding carboxylic acids is 3. The molecule has 0 saturated heterocycles. The summed E-state index contributed by atoms with van der Waals surface area (Å²) in [6.07, 6.45) is 30.7. The van der Waals surface area contributed by atoms with Crippen molar-refractivity contribution in [3.8, 4) is 46.0 Å². The van der Waals surface area contributed by atoms with E-state index in [2.05, 4.69) is 68.7 Å². The monoisotopic (exact) mass is 1130 g/mol. The van der Waals surface area contributed by atoms with Gasteiger partial charge in [0.2, 0.25) is 5.75 Å². The maximum Gasteiger partial charge on any atom is 0.308 e. The molecule has 0 aromatic heterocycles. The van der Waals surface area contributed by atoms with Crippen LogP contribution in [0.2, 0.25) is 0 Å². The Balaban J connectivity index is 1.16. The van der Waals surface area contributed by atoms with Crippen molar-refractivity contribution in [1.82, 2.24) is 0 Å². The number of nitrogens with zero attached hydrogens (tertiary/aromatic N) is 2. The second-order valence-corrected chi connectivity index (χ2v) is 24.5. The first-order valence-corrected chi connectivity index (χ1v) is 31.6. The van der Waals surface area contributed by atoms with E-state index >= 15 is 0 Å². The molecule has 0 aliphatic carbocycles. The number of methoxy groups -OCH3 is 3. The van der Waals surface area contributed by atoms with Crippen molar-refractivity contribution in [2.45, 2.75) is 212 Å². The minimum atomic E-state index is -0.946. The molecule has 0 spiro atoms. The van der Waals surface area contributed by atoms with Gasteiger partial charge in [-0.1, -0.05) is 134 Å². The number of carboxylic acid groups (broad SMARTS) is 2. The third kappa shape index (κ3) is 18.4. The molecule has 13 nitrogen and oxygen atoms in total. The Labute approximate surface area is 491 Å². The highest BCUT2D eigenvalue weighted by atomic mass is 16.6. The molecule has 0 radical (unpaired) electrons. The summed E-state index contributed by atoms with van der Waals surface area (Å²) in [5.74, 6) is 2.16. The minimum absolute atomic E-state index is 0.109. The van der Waals surface area contributed by atoms with Crippen molar-refractivity contribution >= 4 is 17.9 Å². The van der Waals surface area contributed by atoms with E-state index in [0.717, 1.165) is 135 Å². The van der Waals surface area contributed by atoms with E-state index in [1.54, 1.807) is 21.3 Å². The first kappa shape index (κ1) is 63.8. The van der Waals surface area contributed by atoms with E-state index in [9.17, 15) is 24.6 Å². The van der Waals surface area contributed by atoms with Crippen LogP contribution in [0, 0.1) is 0 Å². The van der Waals surface area contributed by atoms with E-state index in [1.165, 1.54) is 120 Å². The molecular formula is C69H98N2O11. The lowest BCUT2D eigenvalue weighted by Crippen LogP contribution is -2.52. The van der Waals surface area contributed by atoms with Crippen molar-refractivity contribution in [2.24, 2.45) is 0 Å². The average molecular weight is 1130 g/mol. The zero-order valence-electron chi connectivity index (χ0n) is 50.9. The lowest BCUT2D eigenvalue weighted by Gasteiger charge is -2.47. The predicted molar refractivity (Wildman–Crippen MR) is 319 cm³/mol. The van der Waals surface area contributed by atoms with E-state index < -0.39 is 17.9 Å². The molecule has 0 N–H and O–H groups in total. The Morgan fingerprint density at radius 3 is 1.44 bits per heavy atom. The number of carbonyl (C=O) groups is 3. The van der Waals surface area contributed by atoms with Crippen LogP contribution in [0.5, 0.6) is 46.0 Å². The molecule has 0 amide bonds. The molecule has 450 valence electrons. The highest BCUT2D eigenvalue weighted by Gasteiger charge is 2.45. The quantitative estimate of drug-likeness (QED) is 0.0190. The number of likely N-dealkylation sites (N-methyl/N-ethyl adjacent to an activating group) is 2. The van der Waals surface area contributed by atoms with Crippen LogP contribution in [-0.4, -0.2) is 88.5 Å². The first-order chi connectivity index (χ1) is 39.7. The molecule has 4 atom stereocenters. The molecule has 4 aliphatic rings. The molecule has 0 saturated carbocycles. The van der Waals surface area contributed by atoms with Crippen LogP contribution in [-0.2, 0) is 40.1 Å². The van der Waals surface area contributed by atoms with E-state index in [1.807, 2.05) is 6.07 Å². The smallest absolute Gasteiger partial charge is 0.308 e. The van der Waals surface area contributed by atoms with Crippen molar-refractivity contribution < 1.29 is 62.0 Å². The normalized spacial score (nSPS) is 19.0. The minimum Gasteiger partial charge on any atom is -0.550 e. The fourth-order valence-corrected chi connectivity index (χ4v) is 13.4. The molecule has 4 unspecified atom stereocenters. The lowest BCUT2D eigenvalue weighted by molar-refractivity contribution is -0.941.